The highest BCUT2D eigenvalue weighted by molar-refractivity contribution is 9.10. The monoisotopic (exact) mass is 510 g/mol. The Morgan fingerprint density at radius 1 is 1.00 bits per heavy atom. The Morgan fingerprint density at radius 2 is 1.66 bits per heavy atom. The molecule has 4 aromatic rings. The molecule has 1 amide bonds. The van der Waals surface area contributed by atoms with Gasteiger partial charge in [0.2, 0.25) is 18.2 Å². The lowest BCUT2D eigenvalue weighted by Crippen LogP contribution is -3.00. The van der Waals surface area contributed by atoms with Gasteiger partial charge in [-0.25, -0.2) is 9.97 Å². The van der Waals surface area contributed by atoms with Crippen LogP contribution in [0.3, 0.4) is 0 Å². The summed E-state index contributed by atoms with van der Waals surface area (Å²) in [5.41, 5.74) is 3.21. The molecule has 0 aliphatic heterocycles. The van der Waals surface area contributed by atoms with Gasteiger partial charge in [-0.2, -0.15) is 0 Å². The molecule has 32 heavy (non-hydrogen) atoms. The van der Waals surface area contributed by atoms with E-state index in [1.54, 1.807) is 42.5 Å². The second-order valence-electron chi connectivity index (χ2n) is 6.84. The number of hydrogen-bond acceptors (Lipinski definition) is 4. The molecule has 0 unspecified atom stereocenters. The number of carbonyl (C=O) groups is 1. The van der Waals surface area contributed by atoms with Gasteiger partial charge in [0.1, 0.15) is 5.75 Å². The van der Waals surface area contributed by atoms with Gasteiger partial charge < -0.3 is 17.1 Å². The minimum Gasteiger partial charge on any atom is -1.00 e. The lowest BCUT2D eigenvalue weighted by molar-refractivity contribution is -0.674. The highest BCUT2D eigenvalue weighted by Gasteiger charge is 2.30. The summed E-state index contributed by atoms with van der Waals surface area (Å²) >= 11 is 3.52. The molecule has 8 heteroatoms. The first kappa shape index (κ1) is 23.4. The van der Waals surface area contributed by atoms with Gasteiger partial charge >= 0.3 is 5.91 Å². The molecule has 0 fully saturated rings. The van der Waals surface area contributed by atoms with Crippen LogP contribution in [-0.4, -0.2) is 23.0 Å². The third-order valence-electron chi connectivity index (χ3n) is 4.72. The van der Waals surface area contributed by atoms with Crippen molar-refractivity contribution in [2.24, 2.45) is 0 Å². The largest absolute Gasteiger partial charge is 1.00 e. The minimum atomic E-state index is -0.219. The second kappa shape index (κ2) is 10.3. The molecule has 162 valence electrons. The summed E-state index contributed by atoms with van der Waals surface area (Å²) in [7, 11) is 1.63. The number of amides is 1. The van der Waals surface area contributed by atoms with Crippen LogP contribution in [0.1, 0.15) is 15.9 Å². The molecule has 2 aromatic heterocycles. The Balaban J connectivity index is 0.00000289. The first-order valence-electron chi connectivity index (χ1n) is 9.61. The maximum absolute atomic E-state index is 13.4. The molecular weight excluding hydrogens is 492 g/mol. The molecule has 0 saturated heterocycles. The van der Waals surface area contributed by atoms with Gasteiger partial charge in [-0.3, -0.25) is 4.79 Å². The van der Waals surface area contributed by atoms with Gasteiger partial charge in [0.15, 0.2) is 4.60 Å². The second-order valence-corrected chi connectivity index (χ2v) is 7.59. The first-order chi connectivity index (χ1) is 15.1. The first-order valence-corrected chi connectivity index (χ1v) is 10.4. The van der Waals surface area contributed by atoms with Crippen LogP contribution >= 0.6 is 15.9 Å². The molecule has 0 spiro atoms. The number of ether oxygens (including phenoxy) is 1. The quantitative estimate of drug-likeness (QED) is 0.382. The van der Waals surface area contributed by atoms with Crippen molar-refractivity contribution in [2.75, 3.05) is 12.1 Å². The average Bonchev–Trinajstić information content (AvgIpc) is 2.81. The van der Waals surface area contributed by atoms with Gasteiger partial charge in [0, 0.05) is 23.3 Å². The molecular formula is C24H20BrClN4O2. The zero-order valence-electron chi connectivity index (χ0n) is 17.4. The third-order valence-corrected chi connectivity index (χ3v) is 5.25. The van der Waals surface area contributed by atoms with Gasteiger partial charge in [-0.05, 0) is 59.3 Å². The highest BCUT2D eigenvalue weighted by Crippen LogP contribution is 2.27. The lowest BCUT2D eigenvalue weighted by atomic mass is 10.1. The SMILES string of the molecule is COc1ccc(-c2cnc(N(C(=O)c3ccc(C)cc3)[n+]3ccccc3)c(Br)n2)cc1.[Cl-]. The number of nitrogens with zero attached hydrogens (tertiary/aromatic N) is 4. The van der Waals surface area contributed by atoms with Crippen LogP contribution in [0.15, 0.2) is 89.9 Å². The Bertz CT molecular complexity index is 1200. The number of aryl methyl sites for hydroxylation is 1. The van der Waals surface area contributed by atoms with Crippen molar-refractivity contribution in [3.05, 3.63) is 101 Å². The molecule has 2 aromatic carbocycles. The van der Waals surface area contributed by atoms with E-state index in [2.05, 4.69) is 25.9 Å². The van der Waals surface area contributed by atoms with E-state index in [1.165, 1.54) is 5.01 Å². The lowest BCUT2D eigenvalue weighted by Gasteiger charge is -2.16. The maximum atomic E-state index is 13.4. The summed E-state index contributed by atoms with van der Waals surface area (Å²) in [6.07, 6.45) is 5.23. The van der Waals surface area contributed by atoms with Crippen molar-refractivity contribution in [2.45, 2.75) is 6.92 Å². The molecule has 0 saturated carbocycles. The summed E-state index contributed by atoms with van der Waals surface area (Å²) in [5, 5.41) is 1.49. The third kappa shape index (κ3) is 4.95. The predicted octanol–water partition coefficient (Wildman–Crippen LogP) is 1.62. The molecule has 0 aliphatic rings. The van der Waals surface area contributed by atoms with Crippen molar-refractivity contribution in [3.63, 3.8) is 0 Å². The Kier molecular flexibility index (Phi) is 7.56. The normalized spacial score (nSPS) is 10.2. The number of rotatable bonds is 5. The molecule has 0 aliphatic carbocycles. The molecule has 0 N–H and O–H groups in total. The smallest absolute Gasteiger partial charge is 0.316 e. The molecule has 2 heterocycles. The number of pyridine rings is 1. The van der Waals surface area contributed by atoms with Crippen molar-refractivity contribution in [1.29, 1.82) is 0 Å². The molecule has 0 bridgehead atoms. The van der Waals surface area contributed by atoms with Gasteiger partial charge in [0.05, 0.1) is 19.0 Å². The topological polar surface area (TPSA) is 59.2 Å². The van der Waals surface area contributed by atoms with E-state index in [4.69, 9.17) is 4.74 Å². The zero-order chi connectivity index (χ0) is 21.8. The van der Waals surface area contributed by atoms with Crippen molar-refractivity contribution in [3.8, 4) is 17.0 Å². The van der Waals surface area contributed by atoms with Crippen LogP contribution in [0.4, 0.5) is 5.82 Å². The maximum Gasteiger partial charge on any atom is 0.316 e. The van der Waals surface area contributed by atoms with Crippen LogP contribution in [0.5, 0.6) is 5.75 Å². The standard InChI is InChI=1S/C24H20BrN4O2.ClH/c1-17-6-8-19(9-7-17)24(30)29(28-14-4-3-5-15-28)23-22(25)27-21(16-26-23)18-10-12-20(31-2)13-11-18;/h3-16H,1-2H3;1H/q+1;/p-1. The van der Waals surface area contributed by atoms with Crippen molar-refractivity contribution >= 4 is 27.7 Å². The van der Waals surface area contributed by atoms with E-state index in [-0.39, 0.29) is 18.3 Å². The molecule has 0 atom stereocenters. The summed E-state index contributed by atoms with van der Waals surface area (Å²) in [4.78, 5) is 22.7. The summed E-state index contributed by atoms with van der Waals surface area (Å²) in [5.74, 6) is 0.935. The van der Waals surface area contributed by atoms with Crippen LogP contribution < -0.4 is 26.8 Å². The Morgan fingerprint density at radius 3 is 2.25 bits per heavy atom. The van der Waals surface area contributed by atoms with Crippen LogP contribution in [-0.2, 0) is 0 Å². The number of anilines is 1. The summed E-state index contributed by atoms with van der Waals surface area (Å²) < 4.78 is 7.35. The predicted molar refractivity (Wildman–Crippen MR) is 122 cm³/mol. The van der Waals surface area contributed by atoms with E-state index in [0.717, 1.165) is 16.9 Å². The number of hydrogen-bond donors (Lipinski definition) is 0. The molecule has 6 nitrogen and oxygen atoms in total. The number of aromatic nitrogens is 3. The van der Waals surface area contributed by atoms with Gasteiger partial charge in [-0.15, -0.1) is 0 Å². The molecule has 0 radical (unpaired) electrons. The number of halogens is 2. The Labute approximate surface area is 201 Å². The van der Waals surface area contributed by atoms with Crippen molar-refractivity contribution in [1.82, 2.24) is 9.97 Å². The van der Waals surface area contributed by atoms with Crippen LogP contribution in [0, 0.1) is 6.92 Å². The van der Waals surface area contributed by atoms with Crippen molar-refractivity contribution < 1.29 is 26.6 Å². The van der Waals surface area contributed by atoms with Gasteiger partial charge in [-0.1, -0.05) is 33.4 Å². The van der Waals surface area contributed by atoms with Gasteiger partial charge in [0.25, 0.3) is 0 Å². The van der Waals surface area contributed by atoms with Crippen LogP contribution in [0.25, 0.3) is 11.3 Å². The fourth-order valence-electron chi connectivity index (χ4n) is 3.05. The number of benzene rings is 2. The molecule has 4 rings (SSSR count). The van der Waals surface area contributed by atoms with E-state index < -0.39 is 0 Å². The zero-order valence-corrected chi connectivity index (χ0v) is 19.8. The minimum absolute atomic E-state index is 0. The van der Waals surface area contributed by atoms with E-state index >= 15 is 0 Å². The average molecular weight is 512 g/mol. The van der Waals surface area contributed by atoms with E-state index in [0.29, 0.717) is 21.7 Å². The fourth-order valence-corrected chi connectivity index (χ4v) is 3.52. The van der Waals surface area contributed by atoms with E-state index in [9.17, 15) is 4.79 Å². The summed E-state index contributed by atoms with van der Waals surface area (Å²) in [6.45, 7) is 1.98. The fraction of sp³-hybridized carbons (Fsp3) is 0.0833. The summed E-state index contributed by atoms with van der Waals surface area (Å²) in [6, 6.07) is 20.6. The Hall–Kier alpha value is -3.29. The number of methoxy groups -OCH3 is 1. The number of carbonyl (C=O) groups excluding carboxylic acids is 1. The van der Waals surface area contributed by atoms with E-state index in [1.807, 2.05) is 61.5 Å². The highest BCUT2D eigenvalue weighted by atomic mass is 79.9. The van der Waals surface area contributed by atoms with Crippen LogP contribution in [0.2, 0.25) is 0 Å².